The summed E-state index contributed by atoms with van der Waals surface area (Å²) in [4.78, 5) is 21.5. The summed E-state index contributed by atoms with van der Waals surface area (Å²) in [6.45, 7) is 1.05. The molecule has 6 nitrogen and oxygen atoms in total. The van der Waals surface area contributed by atoms with Crippen molar-refractivity contribution in [2.75, 3.05) is 18.8 Å². The van der Waals surface area contributed by atoms with Gasteiger partial charge in [0.25, 0.3) is 5.91 Å². The van der Waals surface area contributed by atoms with Crippen molar-refractivity contribution in [1.29, 1.82) is 5.26 Å². The lowest BCUT2D eigenvalue weighted by molar-refractivity contribution is 0.0977. The SMILES string of the molecule is N#Cc1ccc(/C(F)=C/c2ccc(F)c([C@]34CNC[C@H]3CSC(NC(=O)c3ccccc3)=N4)c2)nc1. The summed E-state index contributed by atoms with van der Waals surface area (Å²) in [6, 6.07) is 18.1. The molecule has 5 rings (SSSR count). The molecule has 2 N–H and O–H groups in total. The van der Waals surface area contributed by atoms with E-state index in [1.54, 1.807) is 30.3 Å². The van der Waals surface area contributed by atoms with E-state index in [-0.39, 0.29) is 17.5 Å². The van der Waals surface area contributed by atoms with Crippen LogP contribution in [0, 0.1) is 23.1 Å². The van der Waals surface area contributed by atoms with E-state index in [1.807, 2.05) is 12.1 Å². The molecule has 0 bridgehead atoms. The number of rotatable bonds is 4. The lowest BCUT2D eigenvalue weighted by atomic mass is 9.81. The molecular weight excluding hydrogens is 480 g/mol. The van der Waals surface area contributed by atoms with Gasteiger partial charge in [0, 0.05) is 42.1 Å². The molecule has 1 aromatic heterocycles. The molecule has 0 spiro atoms. The summed E-state index contributed by atoms with van der Waals surface area (Å²) >= 11 is 1.43. The maximum Gasteiger partial charge on any atom is 0.257 e. The zero-order valence-corrected chi connectivity index (χ0v) is 19.9. The minimum atomic E-state index is -0.929. The van der Waals surface area contributed by atoms with Crippen LogP contribution in [-0.2, 0) is 5.54 Å². The number of aliphatic imine (C=N–C) groups is 1. The number of benzene rings is 2. The molecule has 36 heavy (non-hydrogen) atoms. The van der Waals surface area contributed by atoms with E-state index >= 15 is 4.39 Å². The number of hydrogen-bond acceptors (Lipinski definition) is 6. The molecule has 2 atom stereocenters. The van der Waals surface area contributed by atoms with E-state index in [9.17, 15) is 9.18 Å². The van der Waals surface area contributed by atoms with Crippen molar-refractivity contribution in [2.24, 2.45) is 10.9 Å². The smallest absolute Gasteiger partial charge is 0.257 e. The van der Waals surface area contributed by atoms with Gasteiger partial charge in [-0.15, -0.1) is 0 Å². The molecule has 9 heteroatoms. The monoisotopic (exact) mass is 501 g/mol. The normalized spacial score (nSPS) is 21.3. The maximum absolute atomic E-state index is 15.2. The van der Waals surface area contributed by atoms with Crippen molar-refractivity contribution < 1.29 is 13.6 Å². The van der Waals surface area contributed by atoms with Crippen LogP contribution >= 0.6 is 11.8 Å². The van der Waals surface area contributed by atoms with Crippen molar-refractivity contribution in [3.8, 4) is 6.07 Å². The van der Waals surface area contributed by atoms with Crippen molar-refractivity contribution in [3.05, 3.63) is 101 Å². The number of amidine groups is 1. The van der Waals surface area contributed by atoms with E-state index in [2.05, 4.69) is 15.6 Å². The Morgan fingerprint density at radius 1 is 1.22 bits per heavy atom. The summed E-state index contributed by atoms with van der Waals surface area (Å²) < 4.78 is 30.1. The van der Waals surface area contributed by atoms with Crippen LogP contribution in [0.25, 0.3) is 11.9 Å². The van der Waals surface area contributed by atoms with E-state index < -0.39 is 17.2 Å². The molecule has 2 aromatic carbocycles. The average molecular weight is 502 g/mol. The van der Waals surface area contributed by atoms with Gasteiger partial charge in [-0.3, -0.25) is 9.78 Å². The Balaban J connectivity index is 1.48. The van der Waals surface area contributed by atoms with Crippen LogP contribution < -0.4 is 10.6 Å². The molecule has 1 fully saturated rings. The van der Waals surface area contributed by atoms with Crippen LogP contribution in [0.3, 0.4) is 0 Å². The molecule has 180 valence electrons. The molecule has 1 saturated heterocycles. The third-order valence-corrected chi connectivity index (χ3v) is 7.36. The van der Waals surface area contributed by atoms with Crippen LogP contribution in [-0.4, -0.2) is 34.9 Å². The molecular formula is C27H21F2N5OS. The predicted molar refractivity (Wildman–Crippen MR) is 136 cm³/mol. The Hall–Kier alpha value is -3.87. The number of nitrogens with zero attached hydrogens (tertiary/aromatic N) is 3. The number of hydrogen-bond donors (Lipinski definition) is 2. The Labute approximate surface area is 211 Å². The summed E-state index contributed by atoms with van der Waals surface area (Å²) in [5.41, 5.74) is 0.791. The summed E-state index contributed by atoms with van der Waals surface area (Å²) in [7, 11) is 0. The number of carbonyl (C=O) groups is 1. The standard InChI is InChI=1S/C27H21F2N5OS/c28-22-8-6-17(11-23(29)24-9-7-18(12-30)13-32-24)10-21(22)27-16-31-14-20(27)15-36-26(34-27)33-25(35)19-4-2-1-3-5-19/h1-11,13,20,31H,14-16H2,(H,33,34,35)/b23-11-/t20-,27-/m0/s1. The highest BCUT2D eigenvalue weighted by Gasteiger charge is 2.48. The second-order valence-electron chi connectivity index (χ2n) is 8.58. The number of carbonyl (C=O) groups excluding carboxylic acids is 1. The van der Waals surface area contributed by atoms with Gasteiger partial charge in [-0.25, -0.2) is 13.8 Å². The fourth-order valence-electron chi connectivity index (χ4n) is 4.45. The molecule has 0 unspecified atom stereocenters. The number of amides is 1. The summed E-state index contributed by atoms with van der Waals surface area (Å²) in [6.07, 6.45) is 2.58. The van der Waals surface area contributed by atoms with Crippen molar-refractivity contribution in [1.82, 2.24) is 15.6 Å². The third kappa shape index (κ3) is 4.65. The first-order valence-corrected chi connectivity index (χ1v) is 12.3. The van der Waals surface area contributed by atoms with Crippen molar-refractivity contribution in [2.45, 2.75) is 5.54 Å². The first kappa shape index (κ1) is 23.9. The highest BCUT2D eigenvalue weighted by molar-refractivity contribution is 8.13. The van der Waals surface area contributed by atoms with E-state index in [0.717, 1.165) is 0 Å². The van der Waals surface area contributed by atoms with Gasteiger partial charge in [0.1, 0.15) is 23.3 Å². The molecule has 0 radical (unpaired) electrons. The number of aromatic nitrogens is 1. The van der Waals surface area contributed by atoms with E-state index in [0.29, 0.717) is 46.3 Å². The summed E-state index contributed by atoms with van der Waals surface area (Å²) in [5, 5.41) is 15.5. The van der Waals surface area contributed by atoms with Crippen LogP contribution in [0.5, 0.6) is 0 Å². The fourth-order valence-corrected chi connectivity index (χ4v) is 5.60. The molecule has 0 saturated carbocycles. The largest absolute Gasteiger partial charge is 0.314 e. The second-order valence-corrected chi connectivity index (χ2v) is 9.58. The predicted octanol–water partition coefficient (Wildman–Crippen LogP) is 4.51. The van der Waals surface area contributed by atoms with Gasteiger partial charge in [0.2, 0.25) is 0 Å². The lowest BCUT2D eigenvalue weighted by Gasteiger charge is -2.36. The first-order chi connectivity index (χ1) is 17.5. The van der Waals surface area contributed by atoms with E-state index in [1.165, 1.54) is 48.3 Å². The fraction of sp³-hybridized carbons (Fsp3) is 0.185. The van der Waals surface area contributed by atoms with Crippen molar-refractivity contribution in [3.63, 3.8) is 0 Å². The van der Waals surface area contributed by atoms with Gasteiger partial charge in [-0.2, -0.15) is 5.26 Å². The second kappa shape index (κ2) is 10.0. The number of nitriles is 1. The van der Waals surface area contributed by atoms with Crippen LogP contribution in [0.15, 0.2) is 71.9 Å². The highest BCUT2D eigenvalue weighted by Crippen LogP contribution is 2.44. The summed E-state index contributed by atoms with van der Waals surface area (Å²) in [5.74, 6) is -0.685. The molecule has 2 aliphatic heterocycles. The zero-order valence-electron chi connectivity index (χ0n) is 19.0. The minimum Gasteiger partial charge on any atom is -0.314 e. The van der Waals surface area contributed by atoms with Gasteiger partial charge < -0.3 is 10.6 Å². The quantitative estimate of drug-likeness (QED) is 0.549. The van der Waals surface area contributed by atoms with Gasteiger partial charge in [0.05, 0.1) is 11.3 Å². The molecule has 3 aromatic rings. The number of thioether (sulfide) groups is 1. The van der Waals surface area contributed by atoms with Gasteiger partial charge in [0.15, 0.2) is 5.17 Å². The third-order valence-electron chi connectivity index (χ3n) is 6.33. The Kier molecular flexibility index (Phi) is 6.63. The van der Waals surface area contributed by atoms with E-state index in [4.69, 9.17) is 10.3 Å². The topological polar surface area (TPSA) is 90.2 Å². The number of fused-ring (bicyclic) bond motifs is 1. The number of pyridine rings is 1. The van der Waals surface area contributed by atoms with Crippen LogP contribution in [0.2, 0.25) is 0 Å². The number of halogens is 2. The zero-order chi connectivity index (χ0) is 25.1. The Morgan fingerprint density at radius 2 is 2.06 bits per heavy atom. The van der Waals surface area contributed by atoms with Gasteiger partial charge in [-0.05, 0) is 48.0 Å². The molecule has 0 aliphatic carbocycles. The maximum atomic E-state index is 15.2. The average Bonchev–Trinajstić information content (AvgIpc) is 3.34. The molecule has 3 heterocycles. The van der Waals surface area contributed by atoms with Crippen LogP contribution in [0.4, 0.5) is 8.78 Å². The lowest BCUT2D eigenvalue weighted by Crippen LogP contribution is -2.43. The van der Waals surface area contributed by atoms with Gasteiger partial charge >= 0.3 is 0 Å². The number of nitrogens with one attached hydrogen (secondary N) is 2. The van der Waals surface area contributed by atoms with Crippen LogP contribution in [0.1, 0.15) is 32.7 Å². The Morgan fingerprint density at radius 3 is 2.81 bits per heavy atom. The Bertz CT molecular complexity index is 1400. The minimum absolute atomic E-state index is 0.00125. The molecule has 2 aliphatic rings. The van der Waals surface area contributed by atoms with Crippen molar-refractivity contribution >= 4 is 34.7 Å². The first-order valence-electron chi connectivity index (χ1n) is 11.3. The highest BCUT2D eigenvalue weighted by atomic mass is 32.2. The van der Waals surface area contributed by atoms with Gasteiger partial charge in [-0.1, -0.05) is 36.0 Å². The molecule has 1 amide bonds.